The number of nitrogens with two attached hydrogens (primary N) is 1. The molecule has 0 radical (unpaired) electrons. The molecule has 1 amide bonds. The first-order valence-electron chi connectivity index (χ1n) is 5.39. The minimum atomic E-state index is -3.67. The van der Waals surface area contributed by atoms with Gasteiger partial charge in [-0.05, 0) is 12.5 Å². The number of hydrogen-bond acceptors (Lipinski definition) is 4. The average Bonchev–Trinajstić information content (AvgIpc) is 2.79. The lowest BCUT2D eigenvalue weighted by Gasteiger charge is -2.15. The SMILES string of the molecule is NC(=O)C1CCN(S(=O)(=O)c2ccc(=O)[nH]c2)C1. The lowest BCUT2D eigenvalue weighted by Crippen LogP contribution is -2.32. The first kappa shape index (κ1) is 12.8. The van der Waals surface area contributed by atoms with Gasteiger partial charge in [0.25, 0.3) is 0 Å². The Morgan fingerprint density at radius 3 is 2.67 bits per heavy atom. The van der Waals surface area contributed by atoms with Crippen molar-refractivity contribution < 1.29 is 13.2 Å². The fraction of sp³-hybridized carbons (Fsp3) is 0.400. The molecule has 1 atom stereocenters. The average molecular weight is 271 g/mol. The number of nitrogens with one attached hydrogen (secondary N) is 1. The summed E-state index contributed by atoms with van der Waals surface area (Å²) in [5.74, 6) is -0.934. The zero-order chi connectivity index (χ0) is 13.3. The van der Waals surface area contributed by atoms with Crippen molar-refractivity contribution >= 4 is 15.9 Å². The first-order chi connectivity index (χ1) is 8.41. The van der Waals surface area contributed by atoms with Crippen molar-refractivity contribution in [2.75, 3.05) is 13.1 Å². The summed E-state index contributed by atoms with van der Waals surface area (Å²) in [5, 5.41) is 0. The molecule has 0 aliphatic carbocycles. The van der Waals surface area contributed by atoms with E-state index in [1.807, 2.05) is 0 Å². The number of sulfonamides is 1. The third-order valence-corrected chi connectivity index (χ3v) is 4.81. The maximum atomic E-state index is 12.2. The molecule has 3 N–H and O–H groups in total. The summed E-state index contributed by atoms with van der Waals surface area (Å²) in [6.07, 6.45) is 1.58. The molecule has 0 bridgehead atoms. The topological polar surface area (TPSA) is 113 Å². The Hall–Kier alpha value is -1.67. The van der Waals surface area contributed by atoms with E-state index >= 15 is 0 Å². The molecule has 1 aromatic rings. The van der Waals surface area contributed by atoms with E-state index in [1.165, 1.54) is 10.4 Å². The summed E-state index contributed by atoms with van der Waals surface area (Å²) in [7, 11) is -3.67. The quantitative estimate of drug-likeness (QED) is 0.724. The van der Waals surface area contributed by atoms with Crippen LogP contribution in [0, 0.1) is 5.92 Å². The van der Waals surface area contributed by atoms with Crippen molar-refractivity contribution in [3.05, 3.63) is 28.7 Å². The van der Waals surface area contributed by atoms with Crippen molar-refractivity contribution in [1.29, 1.82) is 0 Å². The van der Waals surface area contributed by atoms with Gasteiger partial charge in [-0.1, -0.05) is 0 Å². The summed E-state index contributed by atoms with van der Waals surface area (Å²) < 4.78 is 25.5. The zero-order valence-corrected chi connectivity index (χ0v) is 10.3. The maximum absolute atomic E-state index is 12.2. The van der Waals surface area contributed by atoms with Crippen LogP contribution in [-0.4, -0.2) is 36.7 Å². The molecule has 0 aromatic carbocycles. The second kappa shape index (κ2) is 4.54. The van der Waals surface area contributed by atoms with Crippen molar-refractivity contribution in [3.8, 4) is 0 Å². The highest BCUT2D eigenvalue weighted by Crippen LogP contribution is 2.23. The number of primary amides is 1. The Balaban J connectivity index is 2.25. The second-order valence-electron chi connectivity index (χ2n) is 4.14. The highest BCUT2D eigenvalue weighted by molar-refractivity contribution is 7.89. The molecule has 1 fully saturated rings. The van der Waals surface area contributed by atoms with Gasteiger partial charge in [-0.25, -0.2) is 8.42 Å². The first-order valence-corrected chi connectivity index (χ1v) is 6.83. The summed E-state index contributed by atoms with van der Waals surface area (Å²) in [6.45, 7) is 0.353. The van der Waals surface area contributed by atoms with Gasteiger partial charge in [0.05, 0.1) is 10.8 Å². The monoisotopic (exact) mass is 271 g/mol. The number of aromatic nitrogens is 1. The van der Waals surface area contributed by atoms with Crippen molar-refractivity contribution in [3.63, 3.8) is 0 Å². The van der Waals surface area contributed by atoms with Crippen LogP contribution in [0.4, 0.5) is 0 Å². The van der Waals surface area contributed by atoms with Gasteiger partial charge in [0.2, 0.25) is 21.5 Å². The number of H-pyrrole nitrogens is 1. The van der Waals surface area contributed by atoms with Crippen molar-refractivity contribution in [2.45, 2.75) is 11.3 Å². The third-order valence-electron chi connectivity index (χ3n) is 2.95. The predicted octanol–water partition coefficient (Wildman–Crippen LogP) is -1.13. The van der Waals surface area contributed by atoms with Gasteiger partial charge >= 0.3 is 0 Å². The van der Waals surface area contributed by atoms with E-state index in [1.54, 1.807) is 0 Å². The van der Waals surface area contributed by atoms with E-state index < -0.39 is 21.8 Å². The Morgan fingerprint density at radius 2 is 2.17 bits per heavy atom. The summed E-state index contributed by atoms with van der Waals surface area (Å²) >= 11 is 0. The van der Waals surface area contributed by atoms with Gasteiger partial charge in [-0.3, -0.25) is 9.59 Å². The van der Waals surface area contributed by atoms with Gasteiger partial charge < -0.3 is 10.7 Å². The van der Waals surface area contributed by atoms with Crippen LogP contribution in [0.3, 0.4) is 0 Å². The number of carbonyl (C=O) groups is 1. The number of aromatic amines is 1. The normalized spacial score (nSPS) is 21.0. The molecule has 2 rings (SSSR count). The Labute approximate surface area is 104 Å². The smallest absolute Gasteiger partial charge is 0.247 e. The fourth-order valence-electron chi connectivity index (χ4n) is 1.88. The van der Waals surface area contributed by atoms with E-state index in [9.17, 15) is 18.0 Å². The number of rotatable bonds is 3. The Bertz CT molecular complexity index is 602. The Morgan fingerprint density at radius 1 is 1.44 bits per heavy atom. The predicted molar refractivity (Wildman–Crippen MR) is 63.1 cm³/mol. The molecule has 2 heterocycles. The van der Waals surface area contributed by atoms with Gasteiger partial charge in [0.1, 0.15) is 0 Å². The molecule has 1 aromatic heterocycles. The van der Waals surface area contributed by atoms with Gasteiger partial charge in [-0.15, -0.1) is 0 Å². The molecule has 1 aliphatic heterocycles. The molecule has 18 heavy (non-hydrogen) atoms. The molecule has 7 nitrogen and oxygen atoms in total. The number of hydrogen-bond donors (Lipinski definition) is 2. The fourth-order valence-corrected chi connectivity index (χ4v) is 3.35. The second-order valence-corrected chi connectivity index (χ2v) is 6.08. The summed E-state index contributed by atoms with van der Waals surface area (Å²) in [4.78, 5) is 24.2. The molecule has 98 valence electrons. The van der Waals surface area contributed by atoms with E-state index in [4.69, 9.17) is 5.73 Å². The van der Waals surface area contributed by atoms with Crippen LogP contribution in [0.15, 0.2) is 28.0 Å². The lowest BCUT2D eigenvalue weighted by atomic mass is 10.1. The molecule has 8 heteroatoms. The summed E-state index contributed by atoms with van der Waals surface area (Å²) in [5.41, 5.74) is 4.78. The van der Waals surface area contributed by atoms with Crippen LogP contribution >= 0.6 is 0 Å². The summed E-state index contributed by atoms with van der Waals surface area (Å²) in [6, 6.07) is 2.39. The van der Waals surface area contributed by atoms with Gasteiger partial charge in [0.15, 0.2) is 0 Å². The molecule has 0 spiro atoms. The zero-order valence-electron chi connectivity index (χ0n) is 9.50. The third kappa shape index (κ3) is 2.29. The van der Waals surface area contributed by atoms with Gasteiger partial charge in [0, 0.05) is 25.4 Å². The molecule has 1 unspecified atom stereocenters. The minimum Gasteiger partial charge on any atom is -0.369 e. The van der Waals surface area contributed by atoms with Crippen LogP contribution in [0.25, 0.3) is 0 Å². The Kier molecular flexibility index (Phi) is 3.22. The van der Waals surface area contributed by atoms with Crippen molar-refractivity contribution in [1.82, 2.24) is 9.29 Å². The molecular formula is C10H13N3O4S. The van der Waals surface area contributed by atoms with E-state index in [0.717, 1.165) is 12.3 Å². The van der Waals surface area contributed by atoms with Gasteiger partial charge in [-0.2, -0.15) is 4.31 Å². The number of carbonyl (C=O) groups excluding carboxylic acids is 1. The van der Waals surface area contributed by atoms with E-state index in [-0.39, 0.29) is 23.5 Å². The highest BCUT2D eigenvalue weighted by atomic mass is 32.2. The van der Waals surface area contributed by atoms with Crippen molar-refractivity contribution in [2.24, 2.45) is 11.7 Å². The molecule has 0 saturated carbocycles. The maximum Gasteiger partial charge on any atom is 0.247 e. The van der Waals surface area contributed by atoms with E-state index in [2.05, 4.69) is 4.98 Å². The number of pyridine rings is 1. The minimum absolute atomic E-state index is 0.00669. The van der Waals surface area contributed by atoms with Crippen LogP contribution in [0.1, 0.15) is 6.42 Å². The van der Waals surface area contributed by atoms with Crippen LogP contribution in [0.2, 0.25) is 0 Å². The standard InChI is InChI=1S/C10H13N3O4S/c11-10(15)7-3-4-13(6-7)18(16,17)8-1-2-9(14)12-5-8/h1-2,5,7H,3-4,6H2,(H2,11,15)(H,12,14). The number of nitrogens with zero attached hydrogens (tertiary/aromatic N) is 1. The van der Waals surface area contributed by atoms with E-state index in [0.29, 0.717) is 6.42 Å². The van der Waals surface area contributed by atoms with Crippen LogP contribution < -0.4 is 11.3 Å². The number of amides is 1. The van der Waals surface area contributed by atoms with Crippen LogP contribution in [-0.2, 0) is 14.8 Å². The largest absolute Gasteiger partial charge is 0.369 e. The lowest BCUT2D eigenvalue weighted by molar-refractivity contribution is -0.121. The molecular weight excluding hydrogens is 258 g/mol. The molecule has 1 saturated heterocycles. The molecule has 1 aliphatic rings. The van der Waals surface area contributed by atoms with Crippen LogP contribution in [0.5, 0.6) is 0 Å². The highest BCUT2D eigenvalue weighted by Gasteiger charge is 2.34.